The summed E-state index contributed by atoms with van der Waals surface area (Å²) < 4.78 is 0. The zero-order chi connectivity index (χ0) is 43.8. The first-order valence-corrected chi connectivity index (χ1v) is 26.7. The van der Waals surface area contributed by atoms with Gasteiger partial charge in [-0.15, -0.1) is 0 Å². The molecule has 0 rings (SSSR count). The number of hydrogen-bond acceptors (Lipinski definition) is 5. The van der Waals surface area contributed by atoms with Gasteiger partial charge in [-0.05, 0) is 64.2 Å². The van der Waals surface area contributed by atoms with Crippen molar-refractivity contribution in [3.05, 3.63) is 24.3 Å². The van der Waals surface area contributed by atoms with Crippen molar-refractivity contribution in [2.24, 2.45) is 0 Å². The van der Waals surface area contributed by atoms with Gasteiger partial charge in [-0.25, -0.2) is 0 Å². The molecule has 6 nitrogen and oxygen atoms in total. The number of aliphatic hydroxyl groups excluding tert-OH is 4. The van der Waals surface area contributed by atoms with Crippen molar-refractivity contribution in [3.8, 4) is 0 Å². The van der Waals surface area contributed by atoms with Crippen LogP contribution >= 0.6 is 0 Å². The van der Waals surface area contributed by atoms with Gasteiger partial charge in [0, 0.05) is 0 Å². The molecule has 356 valence electrons. The van der Waals surface area contributed by atoms with Gasteiger partial charge in [-0.1, -0.05) is 244 Å². The first kappa shape index (κ1) is 58.8. The van der Waals surface area contributed by atoms with E-state index < -0.39 is 36.9 Å². The number of carbonyl (C=O) groups is 1. The predicted octanol–water partition coefficient (Wildman–Crippen LogP) is 15.1. The van der Waals surface area contributed by atoms with E-state index in [1.54, 1.807) is 0 Å². The van der Waals surface area contributed by atoms with Gasteiger partial charge in [0.2, 0.25) is 5.91 Å². The minimum absolute atomic E-state index is 0.350. The highest BCUT2D eigenvalue weighted by atomic mass is 16.3. The van der Waals surface area contributed by atoms with Crippen LogP contribution in [0.4, 0.5) is 0 Å². The zero-order valence-corrected chi connectivity index (χ0v) is 40.2. The molecule has 0 spiro atoms. The number of hydrogen-bond donors (Lipinski definition) is 5. The maximum Gasteiger partial charge on any atom is 0.249 e. The smallest absolute Gasteiger partial charge is 0.249 e. The van der Waals surface area contributed by atoms with Crippen molar-refractivity contribution in [2.45, 2.75) is 308 Å². The van der Waals surface area contributed by atoms with Gasteiger partial charge in [-0.3, -0.25) is 4.79 Å². The lowest BCUT2D eigenvalue weighted by molar-refractivity contribution is -0.132. The fourth-order valence-corrected chi connectivity index (χ4v) is 8.40. The molecule has 60 heavy (non-hydrogen) atoms. The van der Waals surface area contributed by atoms with Gasteiger partial charge in [0.25, 0.3) is 0 Å². The number of rotatable bonds is 49. The number of nitrogens with one attached hydrogen (secondary N) is 1. The summed E-state index contributed by atoms with van der Waals surface area (Å²) >= 11 is 0. The fourth-order valence-electron chi connectivity index (χ4n) is 8.40. The highest BCUT2D eigenvalue weighted by Gasteiger charge is 2.28. The van der Waals surface area contributed by atoms with E-state index in [2.05, 4.69) is 43.5 Å². The van der Waals surface area contributed by atoms with E-state index >= 15 is 0 Å². The van der Waals surface area contributed by atoms with Crippen molar-refractivity contribution >= 4 is 5.91 Å². The summed E-state index contributed by atoms with van der Waals surface area (Å²) in [4.78, 5) is 12.5. The molecule has 1 amide bonds. The minimum atomic E-state index is -1.28. The molecule has 0 bridgehead atoms. The van der Waals surface area contributed by atoms with Crippen LogP contribution < -0.4 is 5.32 Å². The van der Waals surface area contributed by atoms with E-state index in [0.29, 0.717) is 12.8 Å². The predicted molar refractivity (Wildman–Crippen MR) is 261 cm³/mol. The van der Waals surface area contributed by atoms with Crippen LogP contribution in [0, 0.1) is 0 Å². The number of amides is 1. The van der Waals surface area contributed by atoms with E-state index in [4.69, 9.17) is 0 Å². The van der Waals surface area contributed by atoms with Gasteiger partial charge in [-0.2, -0.15) is 0 Å². The average molecular weight is 848 g/mol. The molecule has 0 aliphatic rings. The number of unbranched alkanes of at least 4 members (excludes halogenated alkanes) is 36. The molecule has 0 aliphatic heterocycles. The van der Waals surface area contributed by atoms with Gasteiger partial charge in [0.05, 0.1) is 18.8 Å². The highest BCUT2D eigenvalue weighted by molar-refractivity contribution is 5.80. The van der Waals surface area contributed by atoms with Crippen LogP contribution in [0.5, 0.6) is 0 Å². The number of carbonyl (C=O) groups excluding carboxylic acids is 1. The maximum atomic E-state index is 12.5. The third-order valence-corrected chi connectivity index (χ3v) is 12.6. The van der Waals surface area contributed by atoms with Crippen LogP contribution in [-0.2, 0) is 4.79 Å². The largest absolute Gasteiger partial charge is 0.394 e. The molecule has 0 aromatic carbocycles. The molecule has 0 fully saturated rings. The second kappa shape index (κ2) is 48.8. The van der Waals surface area contributed by atoms with Crippen LogP contribution in [0.3, 0.4) is 0 Å². The molecule has 0 heterocycles. The highest BCUT2D eigenvalue weighted by Crippen LogP contribution is 2.17. The van der Waals surface area contributed by atoms with Gasteiger partial charge in [0.1, 0.15) is 12.2 Å². The molecule has 6 heteroatoms. The fraction of sp³-hybridized carbons (Fsp3) is 0.907. The van der Waals surface area contributed by atoms with Crippen molar-refractivity contribution in [3.63, 3.8) is 0 Å². The summed E-state index contributed by atoms with van der Waals surface area (Å²) in [6.07, 6.45) is 58.2. The summed E-state index contributed by atoms with van der Waals surface area (Å²) in [5.74, 6) is -0.600. The van der Waals surface area contributed by atoms with Crippen molar-refractivity contribution in [2.75, 3.05) is 6.61 Å². The first-order chi connectivity index (χ1) is 29.5. The summed E-state index contributed by atoms with van der Waals surface area (Å²) in [6.45, 7) is 4.05. The van der Waals surface area contributed by atoms with Gasteiger partial charge in [0.15, 0.2) is 0 Å². The van der Waals surface area contributed by atoms with Crippen molar-refractivity contribution in [1.82, 2.24) is 5.32 Å². The molecule has 0 saturated carbocycles. The van der Waals surface area contributed by atoms with Crippen LogP contribution in [0.25, 0.3) is 0 Å². The Morgan fingerprint density at radius 2 is 0.683 bits per heavy atom. The summed E-state index contributed by atoms with van der Waals surface area (Å²) in [7, 11) is 0. The van der Waals surface area contributed by atoms with Gasteiger partial charge >= 0.3 is 0 Å². The molecule has 0 aliphatic carbocycles. The van der Waals surface area contributed by atoms with Crippen molar-refractivity contribution < 1.29 is 25.2 Å². The minimum Gasteiger partial charge on any atom is -0.394 e. The average Bonchev–Trinajstić information content (AvgIpc) is 3.25. The summed E-state index contributed by atoms with van der Waals surface area (Å²) in [5, 5.41) is 43.8. The molecule has 4 atom stereocenters. The number of aliphatic hydroxyl groups is 4. The summed E-state index contributed by atoms with van der Waals surface area (Å²) in [6, 6.07) is -1.01. The van der Waals surface area contributed by atoms with Crippen LogP contribution in [0.15, 0.2) is 24.3 Å². The van der Waals surface area contributed by atoms with Crippen LogP contribution in [0.1, 0.15) is 284 Å². The van der Waals surface area contributed by atoms with Gasteiger partial charge < -0.3 is 25.7 Å². The monoisotopic (exact) mass is 848 g/mol. The second-order valence-corrected chi connectivity index (χ2v) is 18.6. The topological polar surface area (TPSA) is 110 Å². The van der Waals surface area contributed by atoms with E-state index in [9.17, 15) is 25.2 Å². The first-order valence-electron chi connectivity index (χ1n) is 26.7. The Bertz CT molecular complexity index is 909. The molecule has 5 N–H and O–H groups in total. The quantitative estimate of drug-likeness (QED) is 0.0309. The Balaban J connectivity index is 3.64. The SMILES string of the molecule is CCCCCCCCC/C=C\CCCCCCC(O)C(=O)NC(CO)C(O)C(O)CCC/C=C/CCCCCCCCCCCCCCCCCCCCCCCCCC. The van der Waals surface area contributed by atoms with Crippen molar-refractivity contribution in [1.29, 1.82) is 0 Å². The standard InChI is InChI=1S/C54H105NO5/c1-3-5-7-9-11-13-15-17-19-20-21-22-23-24-25-26-27-28-29-30-31-32-34-35-37-39-41-43-45-47-51(57)53(59)50(49-56)55-54(60)52(58)48-46-44-42-40-38-36-33-18-16-14-12-10-8-6-4-2/h33,36,39,41,50-53,56-59H,3-32,34-35,37-38,40,42-49H2,1-2H3,(H,55,60)/b36-33-,41-39+. The third kappa shape index (κ3) is 42.1. The molecule has 0 aromatic rings. The molecule has 0 aromatic heterocycles. The Morgan fingerprint density at radius 3 is 1.00 bits per heavy atom. The molecular formula is C54H105NO5. The Kier molecular flexibility index (Phi) is 47.8. The van der Waals surface area contributed by atoms with E-state index in [-0.39, 0.29) is 0 Å². The molecular weight excluding hydrogens is 743 g/mol. The third-order valence-electron chi connectivity index (χ3n) is 12.6. The van der Waals surface area contributed by atoms with E-state index in [1.165, 1.54) is 205 Å². The van der Waals surface area contributed by atoms with Crippen LogP contribution in [-0.4, -0.2) is 57.3 Å². The maximum absolute atomic E-state index is 12.5. The Morgan fingerprint density at radius 1 is 0.400 bits per heavy atom. The number of allylic oxidation sites excluding steroid dienone is 4. The Labute approximate surface area is 374 Å². The lowest BCUT2D eigenvalue weighted by atomic mass is 10.00. The lowest BCUT2D eigenvalue weighted by Crippen LogP contribution is -2.53. The second-order valence-electron chi connectivity index (χ2n) is 18.6. The molecule has 0 saturated heterocycles. The normalized spacial score (nSPS) is 14.0. The molecule has 0 radical (unpaired) electrons. The summed E-state index contributed by atoms with van der Waals surface area (Å²) in [5.41, 5.74) is 0. The van der Waals surface area contributed by atoms with E-state index in [0.717, 1.165) is 51.4 Å². The Hall–Kier alpha value is -1.21. The van der Waals surface area contributed by atoms with E-state index in [1.807, 2.05) is 0 Å². The zero-order valence-electron chi connectivity index (χ0n) is 40.2. The van der Waals surface area contributed by atoms with Crippen LogP contribution in [0.2, 0.25) is 0 Å². The lowest BCUT2D eigenvalue weighted by Gasteiger charge is -2.27. The molecule has 4 unspecified atom stereocenters.